The van der Waals surface area contributed by atoms with Crippen LogP contribution in [0, 0.1) is 13.8 Å². The molecule has 0 saturated carbocycles. The van der Waals surface area contributed by atoms with E-state index >= 15 is 0 Å². The Labute approximate surface area is 143 Å². The van der Waals surface area contributed by atoms with E-state index in [1.54, 1.807) is 30.3 Å². The molecule has 3 rings (SSSR count). The van der Waals surface area contributed by atoms with E-state index in [0.29, 0.717) is 21.5 Å². The fourth-order valence-electron chi connectivity index (χ4n) is 2.71. The molecule has 3 aromatic rings. The number of nitrogens with one attached hydrogen (secondary N) is 1. The summed E-state index contributed by atoms with van der Waals surface area (Å²) in [6.45, 7) is 3.81. The van der Waals surface area contributed by atoms with E-state index in [-0.39, 0.29) is 11.3 Å². The lowest BCUT2D eigenvalue weighted by atomic mass is 10.1. The molecular weight excluding hydrogens is 326 g/mol. The molecule has 0 aliphatic carbocycles. The second kappa shape index (κ2) is 6.09. The molecule has 0 aliphatic heterocycles. The van der Waals surface area contributed by atoms with Crippen molar-refractivity contribution in [2.75, 3.05) is 5.32 Å². The molecule has 1 aromatic heterocycles. The van der Waals surface area contributed by atoms with Gasteiger partial charge in [-0.05, 0) is 37.1 Å². The van der Waals surface area contributed by atoms with Crippen molar-refractivity contribution in [3.8, 4) is 0 Å². The number of rotatable bonds is 2. The summed E-state index contributed by atoms with van der Waals surface area (Å²) in [5.41, 5.74) is 2.37. The lowest BCUT2D eigenvalue weighted by Crippen LogP contribution is -2.25. The number of carbonyl (C=O) groups is 1. The number of hydrogen-bond acceptors (Lipinski definition) is 3. The highest BCUT2D eigenvalue weighted by Gasteiger charge is 2.17. The SMILES string of the molecule is Cc1cc(C)c(NC(=O)c2nn(C)c(=O)c3ccccc23)c(Cl)c1. The molecule has 0 bridgehead atoms. The number of aromatic nitrogens is 2. The molecule has 5 nitrogen and oxygen atoms in total. The van der Waals surface area contributed by atoms with Crippen molar-refractivity contribution in [1.82, 2.24) is 9.78 Å². The molecule has 1 N–H and O–H groups in total. The third-order valence-electron chi connectivity index (χ3n) is 3.84. The molecule has 0 fully saturated rings. The zero-order valence-electron chi connectivity index (χ0n) is 13.6. The van der Waals surface area contributed by atoms with Gasteiger partial charge in [-0.25, -0.2) is 4.68 Å². The molecule has 0 saturated heterocycles. The topological polar surface area (TPSA) is 64.0 Å². The van der Waals surface area contributed by atoms with E-state index in [0.717, 1.165) is 11.1 Å². The summed E-state index contributed by atoms with van der Waals surface area (Å²) in [6, 6.07) is 10.6. The maximum absolute atomic E-state index is 12.7. The monoisotopic (exact) mass is 341 g/mol. The molecule has 0 atom stereocenters. The number of nitrogens with zero attached hydrogens (tertiary/aromatic N) is 2. The fourth-order valence-corrected chi connectivity index (χ4v) is 3.08. The summed E-state index contributed by atoms with van der Waals surface area (Å²) in [5, 5.41) is 8.37. The molecule has 0 unspecified atom stereocenters. The van der Waals surface area contributed by atoms with Crippen LogP contribution >= 0.6 is 11.6 Å². The van der Waals surface area contributed by atoms with Gasteiger partial charge in [0.1, 0.15) is 0 Å². The van der Waals surface area contributed by atoms with Gasteiger partial charge < -0.3 is 5.32 Å². The number of amides is 1. The third kappa shape index (κ3) is 2.78. The molecule has 0 aliphatic rings. The van der Waals surface area contributed by atoms with Gasteiger partial charge in [0.15, 0.2) is 5.69 Å². The van der Waals surface area contributed by atoms with Crippen molar-refractivity contribution in [2.24, 2.45) is 7.05 Å². The average molecular weight is 342 g/mol. The number of anilines is 1. The first kappa shape index (κ1) is 16.2. The van der Waals surface area contributed by atoms with Crippen LogP contribution in [0.1, 0.15) is 21.6 Å². The van der Waals surface area contributed by atoms with Crippen LogP contribution in [0.15, 0.2) is 41.2 Å². The predicted molar refractivity (Wildman–Crippen MR) is 95.9 cm³/mol. The van der Waals surface area contributed by atoms with E-state index in [1.807, 2.05) is 19.9 Å². The number of benzene rings is 2. The summed E-state index contributed by atoms with van der Waals surface area (Å²) in [7, 11) is 1.52. The number of fused-ring (bicyclic) bond motifs is 1. The first-order valence-electron chi connectivity index (χ1n) is 7.42. The van der Waals surface area contributed by atoms with Gasteiger partial charge in [0, 0.05) is 12.4 Å². The Morgan fingerprint density at radius 1 is 1.17 bits per heavy atom. The summed E-state index contributed by atoms with van der Waals surface area (Å²) < 4.78 is 1.17. The fraction of sp³-hybridized carbons (Fsp3) is 0.167. The highest BCUT2D eigenvalue weighted by atomic mass is 35.5. The van der Waals surface area contributed by atoms with E-state index in [1.165, 1.54) is 11.7 Å². The standard InChI is InChI=1S/C18H16ClN3O2/c1-10-8-11(2)15(14(19)9-10)20-17(23)16-12-6-4-5-7-13(12)18(24)22(3)21-16/h4-9H,1-3H3,(H,20,23). The van der Waals surface area contributed by atoms with Crippen molar-refractivity contribution < 1.29 is 4.79 Å². The van der Waals surface area contributed by atoms with Crippen molar-refractivity contribution in [3.05, 3.63) is 68.6 Å². The second-order valence-corrected chi connectivity index (χ2v) is 6.12. The highest BCUT2D eigenvalue weighted by Crippen LogP contribution is 2.28. The smallest absolute Gasteiger partial charge is 0.276 e. The number of carbonyl (C=O) groups excluding carboxylic acids is 1. The Hall–Kier alpha value is -2.66. The maximum atomic E-state index is 12.7. The molecule has 6 heteroatoms. The normalized spacial score (nSPS) is 10.8. The molecule has 0 spiro atoms. The zero-order valence-corrected chi connectivity index (χ0v) is 14.3. The van der Waals surface area contributed by atoms with E-state index in [9.17, 15) is 9.59 Å². The Bertz CT molecular complexity index is 1000. The van der Waals surface area contributed by atoms with E-state index in [2.05, 4.69) is 10.4 Å². The van der Waals surface area contributed by atoms with Gasteiger partial charge in [-0.3, -0.25) is 9.59 Å². The first-order valence-corrected chi connectivity index (χ1v) is 7.80. The number of halogens is 1. The van der Waals surface area contributed by atoms with E-state index in [4.69, 9.17) is 11.6 Å². The van der Waals surface area contributed by atoms with Crippen LogP contribution < -0.4 is 10.9 Å². The molecule has 1 heterocycles. The Morgan fingerprint density at radius 3 is 2.50 bits per heavy atom. The quantitative estimate of drug-likeness (QED) is 0.776. The molecule has 0 radical (unpaired) electrons. The molecule has 122 valence electrons. The number of aryl methyl sites for hydroxylation is 3. The van der Waals surface area contributed by atoms with Crippen LogP contribution in [0.4, 0.5) is 5.69 Å². The van der Waals surface area contributed by atoms with Gasteiger partial charge in [-0.15, -0.1) is 0 Å². The van der Waals surface area contributed by atoms with Crippen molar-refractivity contribution >= 4 is 34.0 Å². The van der Waals surface area contributed by atoms with Gasteiger partial charge in [-0.1, -0.05) is 35.9 Å². The number of hydrogen-bond donors (Lipinski definition) is 1. The summed E-state index contributed by atoms with van der Waals surface area (Å²) >= 11 is 6.25. The van der Waals surface area contributed by atoms with Crippen LogP contribution in [-0.2, 0) is 7.05 Å². The average Bonchev–Trinajstić information content (AvgIpc) is 2.54. The minimum Gasteiger partial charge on any atom is -0.319 e. The zero-order chi connectivity index (χ0) is 17.4. The maximum Gasteiger partial charge on any atom is 0.276 e. The van der Waals surface area contributed by atoms with Crippen LogP contribution in [0.25, 0.3) is 10.8 Å². The second-order valence-electron chi connectivity index (χ2n) is 5.72. The first-order chi connectivity index (χ1) is 11.4. The minimum absolute atomic E-state index is 0.184. The van der Waals surface area contributed by atoms with Gasteiger partial charge in [0.05, 0.1) is 16.1 Å². The molecule has 2 aromatic carbocycles. The lowest BCUT2D eigenvalue weighted by Gasteiger charge is -2.13. The van der Waals surface area contributed by atoms with Gasteiger partial charge in [0.25, 0.3) is 11.5 Å². The van der Waals surface area contributed by atoms with Crippen LogP contribution in [0.2, 0.25) is 5.02 Å². The largest absolute Gasteiger partial charge is 0.319 e. The third-order valence-corrected chi connectivity index (χ3v) is 4.14. The molecular formula is C18H16ClN3O2. The van der Waals surface area contributed by atoms with Crippen LogP contribution in [0.5, 0.6) is 0 Å². The minimum atomic E-state index is -0.407. The van der Waals surface area contributed by atoms with Crippen LogP contribution in [0.3, 0.4) is 0 Å². The van der Waals surface area contributed by atoms with Crippen molar-refractivity contribution in [1.29, 1.82) is 0 Å². The lowest BCUT2D eigenvalue weighted by molar-refractivity contribution is 0.102. The van der Waals surface area contributed by atoms with E-state index < -0.39 is 5.91 Å². The van der Waals surface area contributed by atoms with Gasteiger partial charge in [0.2, 0.25) is 0 Å². The Morgan fingerprint density at radius 2 is 1.83 bits per heavy atom. The highest BCUT2D eigenvalue weighted by molar-refractivity contribution is 6.34. The molecule has 1 amide bonds. The van der Waals surface area contributed by atoms with Crippen LogP contribution in [-0.4, -0.2) is 15.7 Å². The van der Waals surface area contributed by atoms with Crippen molar-refractivity contribution in [3.63, 3.8) is 0 Å². The van der Waals surface area contributed by atoms with Crippen molar-refractivity contribution in [2.45, 2.75) is 13.8 Å². The predicted octanol–water partition coefficient (Wildman–Crippen LogP) is 3.46. The summed E-state index contributed by atoms with van der Waals surface area (Å²) in [6.07, 6.45) is 0. The Balaban J connectivity index is 2.11. The Kier molecular flexibility index (Phi) is 4.11. The van der Waals surface area contributed by atoms with Gasteiger partial charge >= 0.3 is 0 Å². The summed E-state index contributed by atoms with van der Waals surface area (Å²) in [4.78, 5) is 24.9. The van der Waals surface area contributed by atoms with Gasteiger partial charge in [-0.2, -0.15) is 5.10 Å². The molecule has 24 heavy (non-hydrogen) atoms. The summed E-state index contributed by atoms with van der Waals surface area (Å²) in [5.74, 6) is -0.407.